The molecule has 0 radical (unpaired) electrons. The first kappa shape index (κ1) is 13.8. The molecule has 0 atom stereocenters. The third kappa shape index (κ3) is 3.05. The van der Waals surface area contributed by atoms with Crippen LogP contribution in [-0.4, -0.2) is 11.2 Å². The average Bonchev–Trinajstić information content (AvgIpc) is 2.84. The van der Waals surface area contributed by atoms with Crippen LogP contribution in [0.15, 0.2) is 40.4 Å². The number of nitrogens with one attached hydrogen (secondary N) is 1. The molecule has 0 amide bonds. The van der Waals surface area contributed by atoms with Crippen LogP contribution in [-0.2, 0) is 0 Å². The lowest BCUT2D eigenvalue weighted by Crippen LogP contribution is -1.91. The van der Waals surface area contributed by atoms with Crippen molar-refractivity contribution in [2.24, 2.45) is 5.10 Å². The fraction of sp³-hybridized carbons (Fsp3) is 0.0714. The highest BCUT2D eigenvalue weighted by atomic mass is 35.5. The Balaban J connectivity index is 2.17. The molecule has 0 bridgehead atoms. The number of allylic oxidation sites excluding steroid dienone is 1. The summed E-state index contributed by atoms with van der Waals surface area (Å²) in [4.78, 5) is 3.98. The van der Waals surface area contributed by atoms with E-state index in [0.29, 0.717) is 16.5 Å². The average molecular weight is 287 g/mol. The van der Waals surface area contributed by atoms with Crippen molar-refractivity contribution >= 4 is 29.3 Å². The smallest absolute Gasteiger partial charge is 0.252 e. The van der Waals surface area contributed by atoms with Gasteiger partial charge in [0.05, 0.1) is 6.21 Å². The third-order valence-corrected chi connectivity index (χ3v) is 2.72. The number of nitrogens with zero attached hydrogens (tertiary/aromatic N) is 3. The van der Waals surface area contributed by atoms with Crippen molar-refractivity contribution < 1.29 is 4.42 Å². The second-order valence-electron chi connectivity index (χ2n) is 3.98. The summed E-state index contributed by atoms with van der Waals surface area (Å²) in [6.45, 7) is 5.44. The van der Waals surface area contributed by atoms with Crippen molar-refractivity contribution in [3.05, 3.63) is 53.0 Å². The van der Waals surface area contributed by atoms with Crippen LogP contribution in [0.5, 0.6) is 0 Å². The molecule has 2 aromatic rings. The number of benzene rings is 1. The standard InChI is InChI=1S/C14H11ClN4O/c1-9(2)13-18-12(7-16)14(20-13)19-17-8-10-5-3-4-6-11(10)15/h3-6,8,19H,1H2,2H3/b17-8+. The van der Waals surface area contributed by atoms with Gasteiger partial charge in [0.1, 0.15) is 6.07 Å². The summed E-state index contributed by atoms with van der Waals surface area (Å²) in [6.07, 6.45) is 1.53. The predicted octanol–water partition coefficient (Wildman–Crippen LogP) is 3.68. The molecule has 1 aromatic heterocycles. The summed E-state index contributed by atoms with van der Waals surface area (Å²) in [7, 11) is 0. The summed E-state index contributed by atoms with van der Waals surface area (Å²) < 4.78 is 5.34. The van der Waals surface area contributed by atoms with Gasteiger partial charge in [-0.1, -0.05) is 36.4 Å². The van der Waals surface area contributed by atoms with Crippen molar-refractivity contribution in [1.82, 2.24) is 4.98 Å². The molecule has 1 aromatic carbocycles. The first-order valence-electron chi connectivity index (χ1n) is 5.72. The van der Waals surface area contributed by atoms with Gasteiger partial charge >= 0.3 is 0 Å². The molecule has 100 valence electrons. The quantitative estimate of drug-likeness (QED) is 0.687. The van der Waals surface area contributed by atoms with Gasteiger partial charge in [0.15, 0.2) is 0 Å². The molecule has 1 heterocycles. The maximum absolute atomic E-state index is 8.96. The van der Waals surface area contributed by atoms with Crippen LogP contribution < -0.4 is 5.43 Å². The Hall–Kier alpha value is -2.58. The summed E-state index contributed by atoms with van der Waals surface area (Å²) in [6, 6.07) is 9.18. The lowest BCUT2D eigenvalue weighted by molar-refractivity contribution is 0.554. The van der Waals surface area contributed by atoms with E-state index in [1.165, 1.54) is 6.21 Å². The van der Waals surface area contributed by atoms with E-state index < -0.39 is 0 Å². The number of anilines is 1. The monoisotopic (exact) mass is 286 g/mol. The number of oxazole rings is 1. The Morgan fingerprint density at radius 1 is 1.55 bits per heavy atom. The van der Waals surface area contributed by atoms with E-state index in [1.807, 2.05) is 24.3 Å². The van der Waals surface area contributed by atoms with E-state index in [-0.39, 0.29) is 11.6 Å². The Kier molecular flexibility index (Phi) is 4.18. The van der Waals surface area contributed by atoms with Crippen molar-refractivity contribution in [3.8, 4) is 6.07 Å². The van der Waals surface area contributed by atoms with Crippen molar-refractivity contribution in [1.29, 1.82) is 5.26 Å². The van der Waals surface area contributed by atoms with Gasteiger partial charge in [-0.2, -0.15) is 15.3 Å². The number of rotatable bonds is 4. The molecule has 5 nitrogen and oxygen atoms in total. The zero-order valence-corrected chi connectivity index (χ0v) is 11.5. The molecule has 0 saturated carbocycles. The summed E-state index contributed by atoms with van der Waals surface area (Å²) in [5.41, 5.74) is 4.14. The van der Waals surface area contributed by atoms with Gasteiger partial charge in [0.25, 0.3) is 5.88 Å². The Morgan fingerprint density at radius 3 is 2.95 bits per heavy atom. The lowest BCUT2D eigenvalue weighted by atomic mass is 10.2. The molecule has 0 spiro atoms. The molecule has 0 aliphatic carbocycles. The van der Waals surface area contributed by atoms with E-state index in [0.717, 1.165) is 5.56 Å². The SMILES string of the molecule is C=C(C)c1nc(C#N)c(N/N=C/c2ccccc2Cl)o1. The van der Waals surface area contributed by atoms with E-state index in [9.17, 15) is 0 Å². The molecular weight excluding hydrogens is 276 g/mol. The van der Waals surface area contributed by atoms with Crippen molar-refractivity contribution in [2.45, 2.75) is 6.92 Å². The topological polar surface area (TPSA) is 74.2 Å². The maximum Gasteiger partial charge on any atom is 0.252 e. The number of halogens is 1. The number of hydrogen-bond acceptors (Lipinski definition) is 5. The first-order valence-corrected chi connectivity index (χ1v) is 6.10. The highest BCUT2D eigenvalue weighted by molar-refractivity contribution is 6.33. The molecule has 2 rings (SSSR count). The molecule has 0 aliphatic rings. The van der Waals surface area contributed by atoms with E-state index in [1.54, 1.807) is 13.0 Å². The van der Waals surface area contributed by atoms with Crippen LogP contribution in [0.2, 0.25) is 5.02 Å². The fourth-order valence-electron chi connectivity index (χ4n) is 1.39. The van der Waals surface area contributed by atoms with Gasteiger partial charge in [-0.3, -0.25) is 0 Å². The predicted molar refractivity (Wildman–Crippen MR) is 78.6 cm³/mol. The van der Waals surface area contributed by atoms with Crippen molar-refractivity contribution in [3.63, 3.8) is 0 Å². The molecule has 1 N–H and O–H groups in total. The van der Waals surface area contributed by atoms with Gasteiger partial charge in [-0.25, -0.2) is 5.43 Å². The van der Waals surface area contributed by atoms with Gasteiger partial charge in [0, 0.05) is 16.2 Å². The normalized spacial score (nSPS) is 10.4. The van der Waals surface area contributed by atoms with Gasteiger partial charge in [0.2, 0.25) is 11.6 Å². The molecular formula is C14H11ClN4O. The zero-order chi connectivity index (χ0) is 14.5. The zero-order valence-electron chi connectivity index (χ0n) is 10.7. The Morgan fingerprint density at radius 2 is 2.30 bits per heavy atom. The van der Waals surface area contributed by atoms with Gasteiger partial charge < -0.3 is 4.42 Å². The third-order valence-electron chi connectivity index (χ3n) is 2.37. The minimum absolute atomic E-state index is 0.124. The minimum atomic E-state index is 0.124. The highest BCUT2D eigenvalue weighted by Gasteiger charge is 2.12. The number of hydrazone groups is 1. The Labute approximate surface area is 121 Å². The van der Waals surface area contributed by atoms with Crippen LogP contribution in [0.3, 0.4) is 0 Å². The van der Waals surface area contributed by atoms with Gasteiger partial charge in [-0.05, 0) is 13.0 Å². The van der Waals surface area contributed by atoms with Crippen LogP contribution in [0.1, 0.15) is 24.1 Å². The molecule has 0 fully saturated rings. The van der Waals surface area contributed by atoms with E-state index >= 15 is 0 Å². The largest absolute Gasteiger partial charge is 0.418 e. The van der Waals surface area contributed by atoms with Crippen LogP contribution in [0.25, 0.3) is 5.57 Å². The number of aromatic nitrogens is 1. The second kappa shape index (κ2) is 6.04. The van der Waals surface area contributed by atoms with Crippen LogP contribution in [0.4, 0.5) is 5.88 Å². The molecule has 6 heteroatoms. The Bertz CT molecular complexity index is 712. The summed E-state index contributed by atoms with van der Waals surface area (Å²) in [5.74, 6) is 0.478. The second-order valence-corrected chi connectivity index (χ2v) is 4.39. The van der Waals surface area contributed by atoms with Crippen molar-refractivity contribution in [2.75, 3.05) is 5.43 Å². The summed E-state index contributed by atoms with van der Waals surface area (Å²) in [5, 5.41) is 13.5. The van der Waals surface area contributed by atoms with Crippen LogP contribution >= 0.6 is 11.6 Å². The molecule has 0 unspecified atom stereocenters. The van der Waals surface area contributed by atoms with E-state index in [2.05, 4.69) is 22.1 Å². The number of hydrogen-bond donors (Lipinski definition) is 1. The van der Waals surface area contributed by atoms with Crippen LogP contribution in [0, 0.1) is 11.3 Å². The maximum atomic E-state index is 8.96. The number of nitriles is 1. The highest BCUT2D eigenvalue weighted by Crippen LogP contribution is 2.21. The molecule has 0 aliphatic heterocycles. The van der Waals surface area contributed by atoms with Gasteiger partial charge in [-0.15, -0.1) is 0 Å². The van der Waals surface area contributed by atoms with E-state index in [4.69, 9.17) is 21.3 Å². The fourth-order valence-corrected chi connectivity index (χ4v) is 1.58. The minimum Gasteiger partial charge on any atom is -0.418 e. The first-order chi connectivity index (χ1) is 9.61. The molecule has 0 saturated heterocycles. The molecule has 20 heavy (non-hydrogen) atoms. The summed E-state index contributed by atoms with van der Waals surface area (Å²) >= 11 is 5.99. The lowest BCUT2D eigenvalue weighted by Gasteiger charge is -1.97.